The van der Waals surface area contributed by atoms with Crippen molar-refractivity contribution in [1.29, 1.82) is 0 Å². The van der Waals surface area contributed by atoms with Crippen molar-refractivity contribution in [3.8, 4) is 0 Å². The average Bonchev–Trinajstić information content (AvgIpc) is 2.48. The molecule has 0 bridgehead atoms. The van der Waals surface area contributed by atoms with Crippen LogP contribution in [0.2, 0.25) is 0 Å². The molecule has 0 saturated carbocycles. The van der Waals surface area contributed by atoms with Gasteiger partial charge in [-0.1, -0.05) is 20.4 Å². The highest BCUT2D eigenvalue weighted by Crippen LogP contribution is 2.32. The van der Waals surface area contributed by atoms with Gasteiger partial charge in [-0.2, -0.15) is 0 Å². The average molecular weight is 284 g/mol. The summed E-state index contributed by atoms with van der Waals surface area (Å²) < 4.78 is 14.8. The van der Waals surface area contributed by atoms with Crippen LogP contribution in [-0.2, 0) is 28.6 Å². The van der Waals surface area contributed by atoms with Gasteiger partial charge in [-0.05, 0) is 19.8 Å². The minimum Gasteiger partial charge on any atom is -0.463 e. The Bertz CT molecular complexity index is 423. The van der Waals surface area contributed by atoms with Crippen LogP contribution in [0.15, 0.2) is 12.2 Å². The van der Waals surface area contributed by atoms with Crippen molar-refractivity contribution in [1.82, 2.24) is 0 Å². The zero-order valence-corrected chi connectivity index (χ0v) is 12.1. The van der Waals surface area contributed by atoms with E-state index in [1.54, 1.807) is 0 Å². The maximum Gasteiger partial charge on any atom is 0.348 e. The minimum absolute atomic E-state index is 0.187. The summed E-state index contributed by atoms with van der Waals surface area (Å²) in [5, 5.41) is 0. The van der Waals surface area contributed by atoms with E-state index in [0.717, 1.165) is 6.42 Å². The number of esters is 3. The molecule has 1 aliphatic heterocycles. The maximum atomic E-state index is 11.8. The summed E-state index contributed by atoms with van der Waals surface area (Å²) in [6.07, 6.45) is 0.431. The maximum absolute atomic E-state index is 11.8. The second-order valence-corrected chi connectivity index (χ2v) is 5.49. The molecule has 0 N–H and O–H groups in total. The van der Waals surface area contributed by atoms with Crippen molar-refractivity contribution in [2.45, 2.75) is 39.7 Å². The van der Waals surface area contributed by atoms with Gasteiger partial charge in [0, 0.05) is 11.0 Å². The Hall–Kier alpha value is -1.85. The van der Waals surface area contributed by atoms with Gasteiger partial charge in [0.05, 0.1) is 6.61 Å². The fraction of sp³-hybridized carbons (Fsp3) is 0.643. The van der Waals surface area contributed by atoms with Gasteiger partial charge in [-0.25, -0.2) is 14.4 Å². The lowest BCUT2D eigenvalue weighted by Gasteiger charge is -2.29. The molecule has 1 atom stereocenters. The first-order valence-electron chi connectivity index (χ1n) is 6.43. The Morgan fingerprint density at radius 2 is 2.10 bits per heavy atom. The molecular formula is C14H20O6. The van der Waals surface area contributed by atoms with Gasteiger partial charge < -0.3 is 14.2 Å². The van der Waals surface area contributed by atoms with Crippen LogP contribution in [0.1, 0.15) is 33.6 Å². The predicted molar refractivity (Wildman–Crippen MR) is 69.6 cm³/mol. The van der Waals surface area contributed by atoms with E-state index in [9.17, 15) is 14.4 Å². The Balaban J connectivity index is 2.60. The molecule has 1 aliphatic rings. The number of hydrogen-bond acceptors (Lipinski definition) is 6. The lowest BCUT2D eigenvalue weighted by molar-refractivity contribution is -0.177. The summed E-state index contributed by atoms with van der Waals surface area (Å²) in [7, 11) is 0. The van der Waals surface area contributed by atoms with Crippen LogP contribution in [0.25, 0.3) is 0 Å². The summed E-state index contributed by atoms with van der Waals surface area (Å²) in [5.41, 5.74) is -0.325. The molecule has 0 spiro atoms. The van der Waals surface area contributed by atoms with Crippen molar-refractivity contribution >= 4 is 17.9 Å². The number of carbonyl (C=O) groups is 3. The lowest BCUT2D eigenvalue weighted by Crippen LogP contribution is -2.40. The number of rotatable bonds is 4. The fourth-order valence-electron chi connectivity index (χ4n) is 1.85. The van der Waals surface area contributed by atoms with Crippen LogP contribution in [0.4, 0.5) is 0 Å². The molecule has 6 nitrogen and oxygen atoms in total. The molecule has 0 aliphatic carbocycles. The lowest BCUT2D eigenvalue weighted by atomic mass is 9.82. The van der Waals surface area contributed by atoms with Crippen molar-refractivity contribution in [2.24, 2.45) is 5.41 Å². The Labute approximate surface area is 118 Å². The highest BCUT2D eigenvalue weighted by atomic mass is 16.6. The molecule has 1 heterocycles. The monoisotopic (exact) mass is 284 g/mol. The summed E-state index contributed by atoms with van der Waals surface area (Å²) >= 11 is 0. The molecule has 6 heteroatoms. The van der Waals surface area contributed by atoms with Gasteiger partial charge in [-0.3, -0.25) is 0 Å². The molecule has 112 valence electrons. The predicted octanol–water partition coefficient (Wildman–Crippen LogP) is 1.38. The van der Waals surface area contributed by atoms with E-state index in [1.807, 2.05) is 13.8 Å². The van der Waals surface area contributed by atoms with Crippen LogP contribution in [0, 0.1) is 5.41 Å². The Morgan fingerprint density at radius 3 is 2.70 bits per heavy atom. The number of cyclic esters (lactones) is 1. The highest BCUT2D eigenvalue weighted by Gasteiger charge is 2.41. The van der Waals surface area contributed by atoms with Crippen LogP contribution in [-0.4, -0.2) is 37.2 Å². The van der Waals surface area contributed by atoms with Crippen molar-refractivity contribution < 1.29 is 28.6 Å². The summed E-state index contributed by atoms with van der Waals surface area (Å²) in [6, 6.07) is 0. The third-order valence-corrected chi connectivity index (χ3v) is 3.05. The van der Waals surface area contributed by atoms with Crippen LogP contribution in [0.5, 0.6) is 0 Å². The van der Waals surface area contributed by atoms with E-state index in [2.05, 4.69) is 11.3 Å². The SMILES string of the molecule is C=C(C)C(=O)OCC(=O)OC1C(=O)OCCCC1(C)C. The summed E-state index contributed by atoms with van der Waals surface area (Å²) in [4.78, 5) is 34.6. The molecule has 1 unspecified atom stereocenters. The molecule has 0 aromatic heterocycles. The van der Waals surface area contributed by atoms with Gasteiger partial charge in [-0.15, -0.1) is 0 Å². The van der Waals surface area contributed by atoms with E-state index in [-0.39, 0.29) is 5.57 Å². The second-order valence-electron chi connectivity index (χ2n) is 5.49. The highest BCUT2D eigenvalue weighted by molar-refractivity contribution is 5.89. The largest absolute Gasteiger partial charge is 0.463 e. The molecule has 0 aromatic carbocycles. The third kappa shape index (κ3) is 4.36. The topological polar surface area (TPSA) is 78.9 Å². The van der Waals surface area contributed by atoms with Crippen molar-refractivity contribution in [3.05, 3.63) is 12.2 Å². The van der Waals surface area contributed by atoms with E-state index in [0.29, 0.717) is 13.0 Å². The molecule has 0 radical (unpaired) electrons. The van der Waals surface area contributed by atoms with E-state index in [1.165, 1.54) is 6.92 Å². The summed E-state index contributed by atoms with van der Waals surface area (Å²) in [6.45, 7) is 8.30. The van der Waals surface area contributed by atoms with Gasteiger partial charge in [0.25, 0.3) is 0 Å². The molecule has 1 saturated heterocycles. The zero-order valence-electron chi connectivity index (χ0n) is 12.1. The number of ether oxygens (including phenoxy) is 3. The smallest absolute Gasteiger partial charge is 0.348 e. The molecule has 0 aromatic rings. The van der Waals surface area contributed by atoms with Gasteiger partial charge in [0.1, 0.15) is 0 Å². The zero-order chi connectivity index (χ0) is 15.3. The van der Waals surface area contributed by atoms with Gasteiger partial charge in [0.15, 0.2) is 6.61 Å². The van der Waals surface area contributed by atoms with Crippen LogP contribution >= 0.6 is 0 Å². The Morgan fingerprint density at radius 1 is 1.45 bits per heavy atom. The molecular weight excluding hydrogens is 264 g/mol. The van der Waals surface area contributed by atoms with E-state index < -0.39 is 36.0 Å². The number of carbonyl (C=O) groups excluding carboxylic acids is 3. The molecule has 0 amide bonds. The second kappa shape index (κ2) is 6.54. The minimum atomic E-state index is -0.985. The first kappa shape index (κ1) is 16.2. The van der Waals surface area contributed by atoms with E-state index >= 15 is 0 Å². The van der Waals surface area contributed by atoms with Gasteiger partial charge >= 0.3 is 17.9 Å². The fourth-order valence-corrected chi connectivity index (χ4v) is 1.85. The molecule has 1 rings (SSSR count). The van der Waals surface area contributed by atoms with E-state index in [4.69, 9.17) is 9.47 Å². The quantitative estimate of drug-likeness (QED) is 0.441. The number of hydrogen-bond donors (Lipinski definition) is 0. The molecule has 1 fully saturated rings. The first-order chi connectivity index (χ1) is 9.24. The summed E-state index contributed by atoms with van der Waals surface area (Å²) in [5.74, 6) is -2.02. The third-order valence-electron chi connectivity index (χ3n) is 3.05. The van der Waals surface area contributed by atoms with Crippen LogP contribution < -0.4 is 0 Å². The molecule has 20 heavy (non-hydrogen) atoms. The normalized spacial score (nSPS) is 21.4. The van der Waals surface area contributed by atoms with Gasteiger partial charge in [0.2, 0.25) is 6.10 Å². The van der Waals surface area contributed by atoms with Crippen LogP contribution in [0.3, 0.4) is 0 Å². The van der Waals surface area contributed by atoms with Crippen molar-refractivity contribution in [3.63, 3.8) is 0 Å². The standard InChI is InChI=1S/C14H20O6/c1-9(2)12(16)19-8-10(15)20-11-13(17)18-7-5-6-14(11,3)4/h11H,1,5-8H2,2-4H3. The Kier molecular flexibility index (Phi) is 5.30. The van der Waals surface area contributed by atoms with Crippen molar-refractivity contribution in [2.75, 3.05) is 13.2 Å². The first-order valence-corrected chi connectivity index (χ1v) is 6.43.